The standard InChI is InChI=1S/C25H31FN2O4.ClH/c1-30-23-9-5-6-20(24(23)31-2)25(29)28-14-10-18(11-15-28)27-16-12-19(13-17-27)32-22-8-4-3-7-21(22)26;/h3-9,18-19H,10-17H2,1-2H3;1H. The van der Waals surface area contributed by atoms with Crippen molar-refractivity contribution in [2.45, 2.75) is 37.8 Å². The molecule has 33 heavy (non-hydrogen) atoms. The molecule has 2 aromatic carbocycles. The predicted octanol–water partition coefficient (Wildman–Crippen LogP) is 4.41. The van der Waals surface area contributed by atoms with Gasteiger partial charge in [-0.05, 0) is 49.9 Å². The molecule has 2 saturated heterocycles. The minimum Gasteiger partial charge on any atom is -0.493 e. The average molecular weight is 479 g/mol. The van der Waals surface area contributed by atoms with Crippen LogP contribution in [0.15, 0.2) is 42.5 Å². The van der Waals surface area contributed by atoms with Gasteiger partial charge < -0.3 is 19.1 Å². The number of likely N-dealkylation sites (tertiary alicyclic amines) is 2. The number of halogens is 2. The minimum absolute atomic E-state index is 0. The van der Waals surface area contributed by atoms with Gasteiger partial charge in [-0.25, -0.2) is 4.39 Å². The van der Waals surface area contributed by atoms with Crippen molar-refractivity contribution in [1.82, 2.24) is 9.80 Å². The lowest BCUT2D eigenvalue weighted by molar-refractivity contribution is 0.0415. The smallest absolute Gasteiger partial charge is 0.257 e. The number of ether oxygens (including phenoxy) is 3. The number of rotatable bonds is 6. The largest absolute Gasteiger partial charge is 0.493 e. The quantitative estimate of drug-likeness (QED) is 0.615. The third kappa shape index (κ3) is 5.71. The number of piperidine rings is 2. The Labute approximate surface area is 201 Å². The number of amides is 1. The van der Waals surface area contributed by atoms with E-state index in [4.69, 9.17) is 14.2 Å². The summed E-state index contributed by atoms with van der Waals surface area (Å²) in [6, 6.07) is 12.4. The first kappa shape index (κ1) is 25.1. The maximum Gasteiger partial charge on any atom is 0.257 e. The normalized spacial score (nSPS) is 17.8. The zero-order valence-electron chi connectivity index (χ0n) is 19.2. The Hall–Kier alpha value is -2.51. The van der Waals surface area contributed by atoms with Crippen LogP contribution in [0.3, 0.4) is 0 Å². The Kier molecular flexibility index (Phi) is 8.80. The number of benzene rings is 2. The molecule has 0 spiro atoms. The number of carbonyl (C=O) groups is 1. The average Bonchev–Trinajstić information content (AvgIpc) is 2.85. The molecule has 0 bridgehead atoms. The molecular formula is C25H32ClFN2O4. The van der Waals surface area contributed by atoms with Gasteiger partial charge in [0, 0.05) is 32.2 Å². The second-order valence-electron chi connectivity index (χ2n) is 8.35. The van der Waals surface area contributed by atoms with Crippen LogP contribution >= 0.6 is 12.4 Å². The van der Waals surface area contributed by atoms with Crippen LogP contribution in [-0.2, 0) is 0 Å². The summed E-state index contributed by atoms with van der Waals surface area (Å²) in [7, 11) is 3.13. The van der Waals surface area contributed by atoms with Gasteiger partial charge in [-0.15, -0.1) is 12.4 Å². The summed E-state index contributed by atoms with van der Waals surface area (Å²) < 4.78 is 30.5. The van der Waals surface area contributed by atoms with E-state index in [1.165, 1.54) is 6.07 Å². The lowest BCUT2D eigenvalue weighted by Gasteiger charge is -2.41. The Balaban J connectivity index is 0.00000306. The van der Waals surface area contributed by atoms with Crippen LogP contribution in [0.1, 0.15) is 36.0 Å². The van der Waals surface area contributed by atoms with Crippen molar-refractivity contribution in [2.75, 3.05) is 40.4 Å². The number of para-hydroxylation sites is 2. The Bertz CT molecular complexity index is 928. The topological polar surface area (TPSA) is 51.2 Å². The molecule has 0 N–H and O–H groups in total. The summed E-state index contributed by atoms with van der Waals surface area (Å²) in [5, 5.41) is 0. The SMILES string of the molecule is COc1cccc(C(=O)N2CCC(N3CCC(Oc4ccccc4F)CC3)CC2)c1OC.Cl. The molecule has 0 atom stereocenters. The second-order valence-corrected chi connectivity index (χ2v) is 8.35. The van der Waals surface area contributed by atoms with Crippen molar-refractivity contribution in [3.63, 3.8) is 0 Å². The van der Waals surface area contributed by atoms with E-state index in [1.54, 1.807) is 44.6 Å². The molecule has 0 radical (unpaired) electrons. The molecule has 6 nitrogen and oxygen atoms in total. The van der Waals surface area contributed by atoms with Crippen molar-refractivity contribution in [3.8, 4) is 17.2 Å². The highest BCUT2D eigenvalue weighted by Crippen LogP contribution is 2.32. The highest BCUT2D eigenvalue weighted by Gasteiger charge is 2.31. The van der Waals surface area contributed by atoms with E-state index >= 15 is 0 Å². The van der Waals surface area contributed by atoms with Crippen LogP contribution in [0.4, 0.5) is 4.39 Å². The first-order chi connectivity index (χ1) is 15.6. The zero-order chi connectivity index (χ0) is 22.5. The van der Waals surface area contributed by atoms with Gasteiger partial charge in [0.1, 0.15) is 6.10 Å². The van der Waals surface area contributed by atoms with Crippen molar-refractivity contribution in [1.29, 1.82) is 0 Å². The van der Waals surface area contributed by atoms with E-state index in [1.807, 2.05) is 11.0 Å². The van der Waals surface area contributed by atoms with E-state index < -0.39 is 0 Å². The van der Waals surface area contributed by atoms with Gasteiger partial charge in [0.2, 0.25) is 0 Å². The summed E-state index contributed by atoms with van der Waals surface area (Å²) in [5.74, 6) is 1.06. The first-order valence-electron chi connectivity index (χ1n) is 11.3. The van der Waals surface area contributed by atoms with Crippen LogP contribution < -0.4 is 14.2 Å². The van der Waals surface area contributed by atoms with E-state index in [2.05, 4.69) is 4.90 Å². The fourth-order valence-corrected chi connectivity index (χ4v) is 4.74. The van der Waals surface area contributed by atoms with E-state index in [0.29, 0.717) is 28.9 Å². The van der Waals surface area contributed by atoms with Crippen molar-refractivity contribution in [3.05, 3.63) is 53.8 Å². The summed E-state index contributed by atoms with van der Waals surface area (Å²) in [4.78, 5) is 17.5. The van der Waals surface area contributed by atoms with E-state index in [-0.39, 0.29) is 30.2 Å². The fraction of sp³-hybridized carbons (Fsp3) is 0.480. The Morgan fingerprint density at radius 2 is 1.55 bits per heavy atom. The molecule has 2 aliphatic rings. The predicted molar refractivity (Wildman–Crippen MR) is 127 cm³/mol. The second kappa shape index (κ2) is 11.6. The molecule has 2 aromatic rings. The molecule has 180 valence electrons. The van der Waals surface area contributed by atoms with Gasteiger partial charge in [-0.1, -0.05) is 18.2 Å². The number of methoxy groups -OCH3 is 2. The number of nitrogens with zero attached hydrogens (tertiary/aromatic N) is 2. The van der Waals surface area contributed by atoms with Gasteiger partial charge >= 0.3 is 0 Å². The van der Waals surface area contributed by atoms with Gasteiger partial charge in [0.15, 0.2) is 23.1 Å². The van der Waals surface area contributed by atoms with Crippen molar-refractivity contribution < 1.29 is 23.4 Å². The molecule has 1 amide bonds. The summed E-state index contributed by atoms with van der Waals surface area (Å²) >= 11 is 0. The van der Waals surface area contributed by atoms with Crippen LogP contribution in [0.2, 0.25) is 0 Å². The van der Waals surface area contributed by atoms with Crippen LogP contribution in [-0.4, -0.2) is 68.3 Å². The number of hydrogen-bond acceptors (Lipinski definition) is 5. The molecule has 0 saturated carbocycles. The first-order valence-corrected chi connectivity index (χ1v) is 11.3. The third-order valence-electron chi connectivity index (χ3n) is 6.51. The van der Waals surface area contributed by atoms with Gasteiger partial charge in [0.05, 0.1) is 19.8 Å². The molecule has 0 aromatic heterocycles. The maximum atomic E-state index is 13.8. The summed E-state index contributed by atoms with van der Waals surface area (Å²) in [6.07, 6.45) is 3.70. The molecule has 0 unspecified atom stereocenters. The summed E-state index contributed by atoms with van der Waals surface area (Å²) in [6.45, 7) is 3.30. The molecule has 4 rings (SSSR count). The van der Waals surface area contributed by atoms with Crippen molar-refractivity contribution in [2.24, 2.45) is 0 Å². The summed E-state index contributed by atoms with van der Waals surface area (Å²) in [5.41, 5.74) is 0.538. The molecular weight excluding hydrogens is 447 g/mol. The monoisotopic (exact) mass is 478 g/mol. The molecule has 8 heteroatoms. The molecule has 2 fully saturated rings. The molecule has 2 aliphatic heterocycles. The van der Waals surface area contributed by atoms with E-state index in [0.717, 1.165) is 51.9 Å². The minimum atomic E-state index is -0.306. The van der Waals surface area contributed by atoms with E-state index in [9.17, 15) is 9.18 Å². The fourth-order valence-electron chi connectivity index (χ4n) is 4.74. The highest BCUT2D eigenvalue weighted by atomic mass is 35.5. The van der Waals surface area contributed by atoms with Gasteiger partial charge in [0.25, 0.3) is 5.91 Å². The number of hydrogen-bond donors (Lipinski definition) is 0. The van der Waals surface area contributed by atoms with Crippen LogP contribution in [0.25, 0.3) is 0 Å². The van der Waals surface area contributed by atoms with Crippen LogP contribution in [0, 0.1) is 5.82 Å². The van der Waals surface area contributed by atoms with Crippen molar-refractivity contribution >= 4 is 18.3 Å². The Morgan fingerprint density at radius 3 is 2.18 bits per heavy atom. The number of carbonyl (C=O) groups excluding carboxylic acids is 1. The third-order valence-corrected chi connectivity index (χ3v) is 6.51. The highest BCUT2D eigenvalue weighted by molar-refractivity contribution is 5.97. The lowest BCUT2D eigenvalue weighted by atomic mass is 9.98. The lowest BCUT2D eigenvalue weighted by Crippen LogP contribution is -2.50. The Morgan fingerprint density at radius 1 is 0.879 bits per heavy atom. The van der Waals surface area contributed by atoms with Gasteiger partial charge in [-0.2, -0.15) is 0 Å². The molecule has 0 aliphatic carbocycles. The maximum absolute atomic E-state index is 13.8. The van der Waals surface area contributed by atoms with Crippen LogP contribution in [0.5, 0.6) is 17.2 Å². The van der Waals surface area contributed by atoms with Gasteiger partial charge in [-0.3, -0.25) is 9.69 Å². The zero-order valence-corrected chi connectivity index (χ0v) is 20.0. The molecule has 2 heterocycles.